The van der Waals surface area contributed by atoms with Crippen LogP contribution in [0.4, 0.5) is 0 Å². The van der Waals surface area contributed by atoms with Gasteiger partial charge in [0.25, 0.3) is 0 Å². The molecule has 0 aliphatic heterocycles. The molecule has 0 spiro atoms. The number of alkyl halides is 1. The molecule has 0 aromatic heterocycles. The fraction of sp³-hybridized carbons (Fsp3) is 0.571. The quantitative estimate of drug-likeness (QED) is 0.414. The summed E-state index contributed by atoms with van der Waals surface area (Å²) < 4.78 is 0. The van der Waals surface area contributed by atoms with Crippen molar-refractivity contribution >= 4 is 15.9 Å². The third-order valence-corrected chi connectivity index (χ3v) is 2.00. The van der Waals surface area contributed by atoms with E-state index in [2.05, 4.69) is 58.4 Å². The summed E-state index contributed by atoms with van der Waals surface area (Å²) in [5, 5.41) is 0.941. The first-order valence-corrected chi connectivity index (χ1v) is 6.47. The molecule has 0 aromatic rings. The Morgan fingerprint density at radius 2 is 1.33 bits per heavy atom. The van der Waals surface area contributed by atoms with Gasteiger partial charge in [-0.05, 0) is 6.42 Å². The van der Waals surface area contributed by atoms with Crippen LogP contribution in [0.2, 0.25) is 0 Å². The Kier molecular flexibility index (Phi) is 12.4. The van der Waals surface area contributed by atoms with E-state index in [4.69, 9.17) is 0 Å². The second-order valence-corrected chi connectivity index (χ2v) is 3.75. The van der Waals surface area contributed by atoms with Crippen LogP contribution >= 0.6 is 15.9 Å². The van der Waals surface area contributed by atoms with Crippen molar-refractivity contribution in [3.63, 3.8) is 0 Å². The van der Waals surface area contributed by atoms with Crippen LogP contribution in [0, 0.1) is 35.5 Å². The van der Waals surface area contributed by atoms with E-state index >= 15 is 0 Å². The zero-order valence-electron chi connectivity index (χ0n) is 9.33. The van der Waals surface area contributed by atoms with Gasteiger partial charge in [-0.15, -0.1) is 11.8 Å². The first-order valence-electron chi connectivity index (χ1n) is 5.35. The summed E-state index contributed by atoms with van der Waals surface area (Å²) in [6, 6.07) is 0. The van der Waals surface area contributed by atoms with Crippen LogP contribution in [0.25, 0.3) is 0 Å². The number of hydrogen-bond acceptors (Lipinski definition) is 0. The highest BCUT2D eigenvalue weighted by atomic mass is 79.9. The molecule has 0 N–H and O–H groups in total. The average molecular weight is 265 g/mol. The van der Waals surface area contributed by atoms with Gasteiger partial charge in [0.15, 0.2) is 0 Å². The van der Waals surface area contributed by atoms with Crippen LogP contribution in [0.5, 0.6) is 0 Å². The lowest BCUT2D eigenvalue weighted by molar-refractivity contribution is 0.828. The van der Waals surface area contributed by atoms with Gasteiger partial charge in [0.2, 0.25) is 0 Å². The molecule has 1 heteroatoms. The zero-order chi connectivity index (χ0) is 11.2. The van der Waals surface area contributed by atoms with Crippen molar-refractivity contribution in [2.45, 2.75) is 45.4 Å². The van der Waals surface area contributed by atoms with E-state index in [0.29, 0.717) is 12.8 Å². The molecule has 0 aliphatic carbocycles. The SMILES string of the molecule is CCCCC#CCC#CCC#CCCBr. The van der Waals surface area contributed by atoms with E-state index in [9.17, 15) is 0 Å². The Labute approximate surface area is 102 Å². The third kappa shape index (κ3) is 13.2. The van der Waals surface area contributed by atoms with E-state index in [-0.39, 0.29) is 0 Å². The molecular weight excluding hydrogens is 248 g/mol. The van der Waals surface area contributed by atoms with Gasteiger partial charge in [0, 0.05) is 18.2 Å². The Bertz CT molecular complexity index is 308. The van der Waals surface area contributed by atoms with E-state index in [1.165, 1.54) is 12.8 Å². The molecule has 0 saturated heterocycles. The minimum atomic E-state index is 0.670. The largest absolute Gasteiger partial charge is 0.102 e. The van der Waals surface area contributed by atoms with Gasteiger partial charge in [-0.2, -0.15) is 0 Å². The fourth-order valence-electron chi connectivity index (χ4n) is 0.828. The van der Waals surface area contributed by atoms with Crippen molar-refractivity contribution in [1.82, 2.24) is 0 Å². The maximum absolute atomic E-state index is 3.32. The molecule has 0 amide bonds. The summed E-state index contributed by atoms with van der Waals surface area (Å²) in [5.74, 6) is 18.2. The lowest BCUT2D eigenvalue weighted by atomic mass is 10.2. The first-order chi connectivity index (χ1) is 7.41. The summed E-state index contributed by atoms with van der Waals surface area (Å²) in [4.78, 5) is 0. The van der Waals surface area contributed by atoms with E-state index in [0.717, 1.165) is 18.2 Å². The Morgan fingerprint density at radius 3 is 1.87 bits per heavy atom. The van der Waals surface area contributed by atoms with Gasteiger partial charge in [-0.1, -0.05) is 53.0 Å². The molecule has 0 radical (unpaired) electrons. The molecule has 0 bridgehead atoms. The van der Waals surface area contributed by atoms with Crippen LogP contribution in [0.1, 0.15) is 45.4 Å². The van der Waals surface area contributed by atoms with Crippen LogP contribution in [0.3, 0.4) is 0 Å². The minimum absolute atomic E-state index is 0.670. The monoisotopic (exact) mass is 264 g/mol. The molecule has 0 rings (SSSR count). The molecule has 0 aromatic carbocycles. The topological polar surface area (TPSA) is 0 Å². The van der Waals surface area contributed by atoms with Crippen LogP contribution in [-0.2, 0) is 0 Å². The highest BCUT2D eigenvalue weighted by Gasteiger charge is 1.75. The van der Waals surface area contributed by atoms with Crippen molar-refractivity contribution < 1.29 is 0 Å². The maximum Gasteiger partial charge on any atom is 0.0702 e. The molecule has 0 heterocycles. The van der Waals surface area contributed by atoms with Gasteiger partial charge < -0.3 is 0 Å². The van der Waals surface area contributed by atoms with Gasteiger partial charge >= 0.3 is 0 Å². The molecule has 80 valence electrons. The highest BCUT2D eigenvalue weighted by molar-refractivity contribution is 9.09. The average Bonchev–Trinajstić information content (AvgIpc) is 2.26. The van der Waals surface area contributed by atoms with Gasteiger partial charge in [-0.25, -0.2) is 0 Å². The van der Waals surface area contributed by atoms with Crippen LogP contribution < -0.4 is 0 Å². The van der Waals surface area contributed by atoms with Crippen molar-refractivity contribution in [1.29, 1.82) is 0 Å². The zero-order valence-corrected chi connectivity index (χ0v) is 10.9. The second-order valence-electron chi connectivity index (χ2n) is 2.96. The molecule has 0 nitrogen and oxygen atoms in total. The van der Waals surface area contributed by atoms with E-state index in [1.54, 1.807) is 0 Å². The number of rotatable bonds is 3. The third-order valence-electron chi connectivity index (χ3n) is 1.60. The maximum atomic E-state index is 3.32. The highest BCUT2D eigenvalue weighted by Crippen LogP contribution is 1.90. The number of unbranched alkanes of at least 4 members (excludes halogenated alkanes) is 2. The standard InChI is InChI=1S/C14H17Br/c1-2-3-4-5-6-7-8-9-10-11-12-13-14-15/h2-4,7,10,13-14H2,1H3. The minimum Gasteiger partial charge on any atom is -0.102 e. The van der Waals surface area contributed by atoms with Crippen molar-refractivity contribution in [3.8, 4) is 35.5 Å². The molecule has 0 saturated carbocycles. The van der Waals surface area contributed by atoms with Gasteiger partial charge in [0.1, 0.15) is 0 Å². The molecule has 15 heavy (non-hydrogen) atoms. The normalized spacial score (nSPS) is 7.60. The summed E-state index contributed by atoms with van der Waals surface area (Å²) in [7, 11) is 0. The van der Waals surface area contributed by atoms with Gasteiger partial charge in [-0.3, -0.25) is 0 Å². The summed E-state index contributed by atoms with van der Waals surface area (Å²) in [5.41, 5.74) is 0. The van der Waals surface area contributed by atoms with Crippen molar-refractivity contribution in [3.05, 3.63) is 0 Å². The summed E-state index contributed by atoms with van der Waals surface area (Å²) in [6.07, 6.45) is 5.66. The predicted molar refractivity (Wildman–Crippen MR) is 70.5 cm³/mol. The summed E-state index contributed by atoms with van der Waals surface area (Å²) in [6.45, 7) is 2.17. The molecule has 0 aliphatic rings. The first kappa shape index (κ1) is 14.2. The Morgan fingerprint density at radius 1 is 0.800 bits per heavy atom. The van der Waals surface area contributed by atoms with Crippen molar-refractivity contribution in [2.24, 2.45) is 0 Å². The smallest absolute Gasteiger partial charge is 0.0702 e. The number of halogens is 1. The molecule has 0 atom stereocenters. The Balaban J connectivity index is 3.45. The number of hydrogen-bond donors (Lipinski definition) is 0. The second kappa shape index (κ2) is 13.2. The molecule has 0 unspecified atom stereocenters. The van der Waals surface area contributed by atoms with Crippen molar-refractivity contribution in [2.75, 3.05) is 5.33 Å². The lowest BCUT2D eigenvalue weighted by Gasteiger charge is -1.82. The van der Waals surface area contributed by atoms with Crippen LogP contribution in [-0.4, -0.2) is 5.33 Å². The van der Waals surface area contributed by atoms with E-state index < -0.39 is 0 Å². The molecular formula is C14H17Br. The molecule has 0 fully saturated rings. The predicted octanol–water partition coefficient (Wildman–Crippen LogP) is 3.75. The van der Waals surface area contributed by atoms with E-state index in [1.807, 2.05) is 0 Å². The Hall–Kier alpha value is -0.840. The summed E-state index contributed by atoms with van der Waals surface area (Å²) >= 11 is 3.32. The van der Waals surface area contributed by atoms with Gasteiger partial charge in [0.05, 0.1) is 12.8 Å². The lowest BCUT2D eigenvalue weighted by Crippen LogP contribution is -1.68. The van der Waals surface area contributed by atoms with Crippen LogP contribution in [0.15, 0.2) is 0 Å². The fourth-order valence-corrected chi connectivity index (χ4v) is 1.03.